The normalized spacial score (nSPS) is 21.9. The number of ketones is 1. The molecule has 1 aliphatic rings. The van der Waals surface area contributed by atoms with Gasteiger partial charge in [-0.2, -0.15) is 0 Å². The van der Waals surface area contributed by atoms with Crippen LogP contribution in [0.5, 0.6) is 0 Å². The Labute approximate surface area is 178 Å². The maximum absolute atomic E-state index is 15.2. The largest absolute Gasteiger partial charge is 0.464 e. The van der Waals surface area contributed by atoms with E-state index in [4.69, 9.17) is 9.15 Å². The van der Waals surface area contributed by atoms with Crippen LogP contribution in [-0.4, -0.2) is 29.7 Å². The number of carbonyl (C=O) groups excluding carboxylic acids is 2. The summed E-state index contributed by atoms with van der Waals surface area (Å²) in [4.78, 5) is 26.2. The fourth-order valence-corrected chi connectivity index (χ4v) is 4.43. The molecule has 0 radical (unpaired) electrons. The van der Waals surface area contributed by atoms with E-state index in [0.717, 1.165) is 18.6 Å². The smallest absolute Gasteiger partial charge is 0.375 e. The predicted molar refractivity (Wildman–Crippen MR) is 110 cm³/mol. The average molecular weight is 427 g/mol. The molecule has 7 heteroatoms. The van der Waals surface area contributed by atoms with E-state index in [1.807, 2.05) is 37.3 Å². The molecule has 2 atom stereocenters. The number of hydrogen-bond acceptors (Lipinski definition) is 5. The summed E-state index contributed by atoms with van der Waals surface area (Å²) in [5.74, 6) is -4.49. The van der Waals surface area contributed by atoms with Gasteiger partial charge in [0.15, 0.2) is 11.6 Å². The summed E-state index contributed by atoms with van der Waals surface area (Å²) >= 11 is 0. The Balaban J connectivity index is 1.76. The van der Waals surface area contributed by atoms with Crippen LogP contribution in [0, 0.1) is 17.6 Å². The molecule has 1 aromatic heterocycles. The van der Waals surface area contributed by atoms with Crippen molar-refractivity contribution < 1.29 is 27.5 Å². The SMILES string of the molecule is CC(=O)C(=O)OC1(c2c(F)c(F)cc3ccoc23)CCN(Cc2ccccc2)CC1C. The Morgan fingerprint density at radius 1 is 1.23 bits per heavy atom. The van der Waals surface area contributed by atoms with Gasteiger partial charge in [-0.15, -0.1) is 0 Å². The van der Waals surface area contributed by atoms with E-state index >= 15 is 4.39 Å². The number of Topliss-reactive ketones (excluding diaryl/α,β-unsaturated/α-hetero) is 1. The topological polar surface area (TPSA) is 59.8 Å². The van der Waals surface area contributed by atoms with Crippen LogP contribution in [0.15, 0.2) is 53.1 Å². The first kappa shape index (κ1) is 21.2. The fourth-order valence-electron chi connectivity index (χ4n) is 4.43. The average Bonchev–Trinajstić information content (AvgIpc) is 3.19. The number of carbonyl (C=O) groups is 2. The molecule has 0 bridgehead atoms. The van der Waals surface area contributed by atoms with E-state index in [1.165, 1.54) is 12.3 Å². The maximum Gasteiger partial charge on any atom is 0.375 e. The number of esters is 1. The quantitative estimate of drug-likeness (QED) is 0.441. The van der Waals surface area contributed by atoms with E-state index in [-0.39, 0.29) is 17.6 Å². The molecule has 0 N–H and O–H groups in total. The molecule has 2 aromatic carbocycles. The van der Waals surface area contributed by atoms with Crippen LogP contribution >= 0.6 is 0 Å². The number of piperidine rings is 1. The number of halogens is 2. The highest BCUT2D eigenvalue weighted by atomic mass is 19.2. The molecule has 4 rings (SSSR count). The molecule has 3 aromatic rings. The minimum atomic E-state index is -1.53. The lowest BCUT2D eigenvalue weighted by Crippen LogP contribution is -2.52. The highest BCUT2D eigenvalue weighted by Gasteiger charge is 2.50. The van der Waals surface area contributed by atoms with Gasteiger partial charge in [0.05, 0.1) is 11.8 Å². The first-order chi connectivity index (χ1) is 14.8. The van der Waals surface area contributed by atoms with Crippen LogP contribution in [0.3, 0.4) is 0 Å². The van der Waals surface area contributed by atoms with Crippen LogP contribution in [0.25, 0.3) is 11.0 Å². The Hall–Kier alpha value is -3.06. The summed E-state index contributed by atoms with van der Waals surface area (Å²) in [6.45, 7) is 4.49. The molecule has 1 saturated heterocycles. The number of fused-ring (bicyclic) bond motifs is 1. The first-order valence-corrected chi connectivity index (χ1v) is 10.2. The van der Waals surface area contributed by atoms with Gasteiger partial charge in [0, 0.05) is 44.3 Å². The Morgan fingerprint density at radius 3 is 2.65 bits per heavy atom. The van der Waals surface area contributed by atoms with Crippen molar-refractivity contribution >= 4 is 22.7 Å². The molecular formula is C24H23F2NO4. The zero-order valence-corrected chi connectivity index (χ0v) is 17.4. The van der Waals surface area contributed by atoms with Gasteiger partial charge >= 0.3 is 5.97 Å². The van der Waals surface area contributed by atoms with Gasteiger partial charge in [0.25, 0.3) is 0 Å². The highest BCUT2D eigenvalue weighted by Crippen LogP contribution is 2.46. The summed E-state index contributed by atoms with van der Waals surface area (Å²) in [6, 6.07) is 12.5. The van der Waals surface area contributed by atoms with Crippen molar-refractivity contribution in [2.75, 3.05) is 13.1 Å². The van der Waals surface area contributed by atoms with Crippen LogP contribution in [0.1, 0.15) is 31.4 Å². The number of nitrogens with zero attached hydrogens (tertiary/aromatic N) is 1. The predicted octanol–water partition coefficient (Wildman–Crippen LogP) is 4.58. The molecule has 0 spiro atoms. The molecule has 5 nitrogen and oxygen atoms in total. The van der Waals surface area contributed by atoms with Gasteiger partial charge in [0.2, 0.25) is 5.78 Å². The zero-order valence-electron chi connectivity index (χ0n) is 17.4. The molecule has 0 aliphatic carbocycles. The van der Waals surface area contributed by atoms with Crippen molar-refractivity contribution in [2.45, 2.75) is 32.4 Å². The summed E-state index contributed by atoms with van der Waals surface area (Å²) in [6.07, 6.45) is 1.53. The van der Waals surface area contributed by atoms with Crippen molar-refractivity contribution in [3.05, 3.63) is 71.5 Å². The molecule has 0 amide bonds. The van der Waals surface area contributed by atoms with Crippen LogP contribution in [0.4, 0.5) is 8.78 Å². The van der Waals surface area contributed by atoms with Crippen molar-refractivity contribution in [3.63, 3.8) is 0 Å². The van der Waals surface area contributed by atoms with Gasteiger partial charge in [-0.05, 0) is 17.7 Å². The summed E-state index contributed by atoms with van der Waals surface area (Å²) in [7, 11) is 0. The third-order valence-electron chi connectivity index (χ3n) is 6.00. The lowest BCUT2D eigenvalue weighted by Gasteiger charge is -2.46. The molecule has 162 valence electrons. The summed E-state index contributed by atoms with van der Waals surface area (Å²) in [5, 5.41) is 0.367. The van der Waals surface area contributed by atoms with E-state index in [2.05, 4.69) is 4.90 Å². The number of hydrogen-bond donors (Lipinski definition) is 0. The van der Waals surface area contributed by atoms with Crippen molar-refractivity contribution in [3.8, 4) is 0 Å². The van der Waals surface area contributed by atoms with Gasteiger partial charge in [-0.25, -0.2) is 13.6 Å². The number of likely N-dealkylation sites (tertiary alicyclic amines) is 1. The molecule has 0 saturated carbocycles. The van der Waals surface area contributed by atoms with Gasteiger partial charge in [-0.3, -0.25) is 9.69 Å². The fraction of sp³-hybridized carbons (Fsp3) is 0.333. The second-order valence-corrected chi connectivity index (χ2v) is 8.09. The Bertz CT molecular complexity index is 1130. The van der Waals surface area contributed by atoms with Crippen molar-refractivity contribution in [1.29, 1.82) is 0 Å². The molecule has 2 heterocycles. The second kappa shape index (κ2) is 8.23. The van der Waals surface area contributed by atoms with Crippen LogP contribution < -0.4 is 0 Å². The number of benzene rings is 2. The minimum absolute atomic E-state index is 0.124. The molecule has 2 unspecified atom stereocenters. The third-order valence-corrected chi connectivity index (χ3v) is 6.00. The minimum Gasteiger partial charge on any atom is -0.464 e. The molecule has 1 fully saturated rings. The van der Waals surface area contributed by atoms with Crippen LogP contribution in [0.2, 0.25) is 0 Å². The van der Waals surface area contributed by atoms with Crippen molar-refractivity contribution in [2.24, 2.45) is 5.92 Å². The first-order valence-electron chi connectivity index (χ1n) is 10.2. The molecule has 31 heavy (non-hydrogen) atoms. The number of furan rings is 1. The van der Waals surface area contributed by atoms with E-state index in [0.29, 0.717) is 25.0 Å². The lowest BCUT2D eigenvalue weighted by atomic mass is 9.75. The summed E-state index contributed by atoms with van der Waals surface area (Å²) in [5.41, 5.74) is -0.432. The van der Waals surface area contributed by atoms with Gasteiger partial charge < -0.3 is 9.15 Å². The van der Waals surface area contributed by atoms with Crippen LogP contribution in [-0.2, 0) is 26.5 Å². The van der Waals surface area contributed by atoms with E-state index in [1.54, 1.807) is 0 Å². The monoisotopic (exact) mass is 427 g/mol. The van der Waals surface area contributed by atoms with Crippen molar-refractivity contribution in [1.82, 2.24) is 4.90 Å². The van der Waals surface area contributed by atoms with E-state index < -0.39 is 34.9 Å². The van der Waals surface area contributed by atoms with Gasteiger partial charge in [0.1, 0.15) is 11.2 Å². The highest BCUT2D eigenvalue weighted by molar-refractivity contribution is 6.32. The third kappa shape index (κ3) is 3.85. The molecule has 1 aliphatic heterocycles. The molecular weight excluding hydrogens is 404 g/mol. The lowest BCUT2D eigenvalue weighted by molar-refractivity contribution is -0.179. The number of rotatable bonds is 5. The standard InChI is InChI=1S/C24H23F2NO4/c1-15-13-27(14-17-6-4-3-5-7-17)10-9-24(15,31-23(29)16(2)28)20-21(26)19(25)12-18-8-11-30-22(18)20/h3-8,11-12,15H,9-10,13-14H2,1-2H3. The Morgan fingerprint density at radius 2 is 1.97 bits per heavy atom. The Kier molecular flexibility index (Phi) is 5.62. The summed E-state index contributed by atoms with van der Waals surface area (Å²) < 4.78 is 40.8. The van der Waals surface area contributed by atoms with E-state index in [9.17, 15) is 14.0 Å². The maximum atomic E-state index is 15.2. The number of ether oxygens (including phenoxy) is 1. The van der Waals surface area contributed by atoms with Gasteiger partial charge in [-0.1, -0.05) is 37.3 Å². The second-order valence-electron chi connectivity index (χ2n) is 8.09. The zero-order chi connectivity index (χ0) is 22.2.